The Bertz CT molecular complexity index is 582. The Morgan fingerprint density at radius 2 is 2.17 bits per heavy atom. The number of rotatable bonds is 6. The zero-order chi connectivity index (χ0) is 16.9. The Hall–Kier alpha value is -2.08. The molecular formula is C18H25N3O3. The minimum atomic E-state index is -0.239. The van der Waals surface area contributed by atoms with Crippen molar-refractivity contribution in [2.24, 2.45) is 5.92 Å². The Kier molecular flexibility index (Phi) is 5.35. The first-order chi connectivity index (χ1) is 11.7. The van der Waals surface area contributed by atoms with Gasteiger partial charge in [0.1, 0.15) is 5.75 Å². The van der Waals surface area contributed by atoms with Crippen LogP contribution in [0.2, 0.25) is 0 Å². The molecule has 6 heteroatoms. The minimum absolute atomic E-state index is 0.00530. The van der Waals surface area contributed by atoms with E-state index in [1.807, 2.05) is 24.3 Å². The smallest absolute Gasteiger partial charge is 0.225 e. The van der Waals surface area contributed by atoms with Crippen molar-refractivity contribution >= 4 is 11.8 Å². The van der Waals surface area contributed by atoms with Crippen LogP contribution in [0.5, 0.6) is 5.75 Å². The van der Waals surface area contributed by atoms with Gasteiger partial charge in [0.05, 0.1) is 13.0 Å². The quantitative estimate of drug-likeness (QED) is 0.813. The summed E-state index contributed by atoms with van der Waals surface area (Å²) in [5.41, 5.74) is 1.04. The summed E-state index contributed by atoms with van der Waals surface area (Å²) in [6, 6.07) is 8.04. The van der Waals surface area contributed by atoms with Gasteiger partial charge in [0.25, 0.3) is 0 Å². The number of nitrogens with zero attached hydrogens (tertiary/aromatic N) is 1. The van der Waals surface area contributed by atoms with Gasteiger partial charge in [-0.05, 0) is 37.1 Å². The van der Waals surface area contributed by atoms with Gasteiger partial charge in [-0.2, -0.15) is 0 Å². The van der Waals surface area contributed by atoms with Crippen LogP contribution in [0.3, 0.4) is 0 Å². The fraction of sp³-hybridized carbons (Fsp3) is 0.556. The van der Waals surface area contributed by atoms with Crippen LogP contribution in [0, 0.1) is 5.92 Å². The van der Waals surface area contributed by atoms with Crippen molar-refractivity contribution in [3.8, 4) is 5.75 Å². The van der Waals surface area contributed by atoms with Gasteiger partial charge in [0, 0.05) is 32.1 Å². The molecule has 0 spiro atoms. The average Bonchev–Trinajstić information content (AvgIpc) is 3.24. The fourth-order valence-corrected chi connectivity index (χ4v) is 3.35. The lowest BCUT2D eigenvalue weighted by Gasteiger charge is -2.17. The Morgan fingerprint density at radius 1 is 1.38 bits per heavy atom. The minimum Gasteiger partial charge on any atom is -0.497 e. The summed E-state index contributed by atoms with van der Waals surface area (Å²) in [7, 11) is 1.63. The van der Waals surface area contributed by atoms with Crippen LogP contribution in [0.15, 0.2) is 24.3 Å². The molecule has 6 nitrogen and oxygen atoms in total. The van der Waals surface area contributed by atoms with Crippen molar-refractivity contribution in [2.75, 3.05) is 26.7 Å². The van der Waals surface area contributed by atoms with E-state index in [1.54, 1.807) is 12.0 Å². The average molecular weight is 331 g/mol. The molecule has 2 unspecified atom stereocenters. The summed E-state index contributed by atoms with van der Waals surface area (Å²) in [5, 5.41) is 6.35. The molecule has 0 aliphatic carbocycles. The van der Waals surface area contributed by atoms with Crippen LogP contribution in [-0.4, -0.2) is 49.5 Å². The third kappa shape index (κ3) is 4.06. The molecule has 1 aromatic rings. The topological polar surface area (TPSA) is 70.7 Å². The molecule has 2 N–H and O–H groups in total. The van der Waals surface area contributed by atoms with E-state index in [1.165, 1.54) is 0 Å². The van der Waals surface area contributed by atoms with E-state index in [2.05, 4.69) is 10.6 Å². The fourth-order valence-electron chi connectivity index (χ4n) is 3.35. The van der Waals surface area contributed by atoms with Gasteiger partial charge >= 0.3 is 0 Å². The Morgan fingerprint density at radius 3 is 2.83 bits per heavy atom. The molecule has 2 atom stereocenters. The number of hydrogen-bond donors (Lipinski definition) is 2. The zero-order valence-corrected chi connectivity index (χ0v) is 14.1. The predicted molar refractivity (Wildman–Crippen MR) is 90.6 cm³/mol. The highest BCUT2D eigenvalue weighted by molar-refractivity contribution is 5.89. The summed E-state index contributed by atoms with van der Waals surface area (Å²) < 4.78 is 5.14. The van der Waals surface area contributed by atoms with E-state index in [0.717, 1.165) is 30.7 Å². The predicted octanol–water partition coefficient (Wildman–Crippen LogP) is 0.912. The van der Waals surface area contributed by atoms with Crippen molar-refractivity contribution in [3.05, 3.63) is 29.8 Å². The normalized spacial score (nSPS) is 23.5. The number of carbonyl (C=O) groups excluding carboxylic acids is 2. The van der Waals surface area contributed by atoms with Gasteiger partial charge in [-0.1, -0.05) is 12.1 Å². The monoisotopic (exact) mass is 331 g/mol. The molecule has 130 valence electrons. The SMILES string of the molecule is COc1ccc(CN2CC(C(=O)NCC3CCCN3)CC2=O)cc1. The first-order valence-electron chi connectivity index (χ1n) is 8.57. The zero-order valence-electron chi connectivity index (χ0n) is 14.1. The van der Waals surface area contributed by atoms with E-state index in [0.29, 0.717) is 32.1 Å². The summed E-state index contributed by atoms with van der Waals surface area (Å²) in [6.45, 7) is 2.71. The molecule has 0 saturated carbocycles. The number of likely N-dealkylation sites (tertiary alicyclic amines) is 1. The number of nitrogens with one attached hydrogen (secondary N) is 2. The maximum Gasteiger partial charge on any atom is 0.225 e. The number of amides is 2. The van der Waals surface area contributed by atoms with E-state index in [-0.39, 0.29) is 17.7 Å². The lowest BCUT2D eigenvalue weighted by Crippen LogP contribution is -2.40. The molecule has 2 saturated heterocycles. The highest BCUT2D eigenvalue weighted by Crippen LogP contribution is 2.21. The number of carbonyl (C=O) groups is 2. The van der Waals surface area contributed by atoms with Crippen molar-refractivity contribution in [3.63, 3.8) is 0 Å². The van der Waals surface area contributed by atoms with E-state index >= 15 is 0 Å². The highest BCUT2D eigenvalue weighted by atomic mass is 16.5. The van der Waals surface area contributed by atoms with Gasteiger partial charge in [-0.15, -0.1) is 0 Å². The van der Waals surface area contributed by atoms with Crippen LogP contribution in [-0.2, 0) is 16.1 Å². The Labute approximate surface area is 142 Å². The molecule has 2 heterocycles. The summed E-state index contributed by atoms with van der Waals surface area (Å²) >= 11 is 0. The first-order valence-corrected chi connectivity index (χ1v) is 8.57. The van der Waals surface area contributed by atoms with Gasteiger partial charge in [0.15, 0.2) is 0 Å². The maximum absolute atomic E-state index is 12.3. The Balaban J connectivity index is 1.49. The van der Waals surface area contributed by atoms with Gasteiger partial charge in [-0.25, -0.2) is 0 Å². The number of hydrogen-bond acceptors (Lipinski definition) is 4. The standard InChI is InChI=1S/C18H25N3O3/c1-24-16-6-4-13(5-7-16)11-21-12-14(9-17(21)22)18(23)20-10-15-3-2-8-19-15/h4-7,14-15,19H,2-3,8-12H2,1H3,(H,20,23). The molecule has 3 rings (SSSR count). The lowest BCUT2D eigenvalue weighted by molar-refractivity contribution is -0.129. The molecule has 0 bridgehead atoms. The summed E-state index contributed by atoms with van der Waals surface area (Å²) in [6.07, 6.45) is 2.58. The van der Waals surface area contributed by atoms with E-state index in [9.17, 15) is 9.59 Å². The van der Waals surface area contributed by atoms with E-state index < -0.39 is 0 Å². The molecule has 0 radical (unpaired) electrons. The maximum atomic E-state index is 12.3. The molecule has 2 fully saturated rings. The second-order valence-electron chi connectivity index (χ2n) is 6.56. The van der Waals surface area contributed by atoms with Crippen LogP contribution in [0.1, 0.15) is 24.8 Å². The van der Waals surface area contributed by atoms with Gasteiger partial charge in [-0.3, -0.25) is 9.59 Å². The molecule has 2 aliphatic rings. The second kappa shape index (κ2) is 7.66. The third-order valence-corrected chi connectivity index (χ3v) is 4.80. The first kappa shape index (κ1) is 16.8. The molecular weight excluding hydrogens is 306 g/mol. The lowest BCUT2D eigenvalue weighted by atomic mass is 10.1. The second-order valence-corrected chi connectivity index (χ2v) is 6.56. The largest absolute Gasteiger partial charge is 0.497 e. The number of benzene rings is 1. The number of methoxy groups -OCH3 is 1. The van der Waals surface area contributed by atoms with Crippen LogP contribution in [0.25, 0.3) is 0 Å². The molecule has 24 heavy (non-hydrogen) atoms. The van der Waals surface area contributed by atoms with Crippen molar-refractivity contribution in [1.82, 2.24) is 15.5 Å². The summed E-state index contributed by atoms with van der Waals surface area (Å²) in [5.74, 6) is 0.598. The van der Waals surface area contributed by atoms with Crippen LogP contribution in [0.4, 0.5) is 0 Å². The van der Waals surface area contributed by atoms with Gasteiger partial charge < -0.3 is 20.3 Å². The summed E-state index contributed by atoms with van der Waals surface area (Å²) in [4.78, 5) is 26.2. The van der Waals surface area contributed by atoms with Crippen molar-refractivity contribution in [2.45, 2.75) is 31.8 Å². The molecule has 2 aliphatic heterocycles. The van der Waals surface area contributed by atoms with E-state index in [4.69, 9.17) is 4.74 Å². The molecule has 0 aromatic heterocycles. The van der Waals surface area contributed by atoms with Crippen LogP contribution >= 0.6 is 0 Å². The van der Waals surface area contributed by atoms with Gasteiger partial charge in [0.2, 0.25) is 11.8 Å². The number of ether oxygens (including phenoxy) is 1. The van der Waals surface area contributed by atoms with Crippen molar-refractivity contribution < 1.29 is 14.3 Å². The van der Waals surface area contributed by atoms with Crippen LogP contribution < -0.4 is 15.4 Å². The molecule has 1 aromatic carbocycles. The highest BCUT2D eigenvalue weighted by Gasteiger charge is 2.34. The third-order valence-electron chi connectivity index (χ3n) is 4.80. The molecule has 2 amide bonds. The van der Waals surface area contributed by atoms with Crippen molar-refractivity contribution in [1.29, 1.82) is 0 Å².